The maximum atomic E-state index is 12.5. The smallest absolute Gasteiger partial charge is 0.337 e. The SMILES string of the molecule is O=C(Nc1ccc(OCCc2ccccn2)cc1C(=O)O)c1ccc(Cl)cc1Cl. The molecule has 0 aliphatic carbocycles. The number of rotatable bonds is 7. The van der Waals surface area contributed by atoms with Crippen LogP contribution in [0.25, 0.3) is 0 Å². The van der Waals surface area contributed by atoms with Gasteiger partial charge in [0, 0.05) is 23.3 Å². The molecule has 3 rings (SSSR count). The number of ether oxygens (including phenoxy) is 1. The van der Waals surface area contributed by atoms with Crippen molar-refractivity contribution in [2.45, 2.75) is 6.42 Å². The van der Waals surface area contributed by atoms with Crippen molar-refractivity contribution < 1.29 is 19.4 Å². The number of hydrogen-bond donors (Lipinski definition) is 2. The van der Waals surface area contributed by atoms with E-state index in [1.54, 1.807) is 12.3 Å². The Morgan fingerprint density at radius 1 is 1.03 bits per heavy atom. The van der Waals surface area contributed by atoms with Gasteiger partial charge in [0.05, 0.1) is 28.4 Å². The topological polar surface area (TPSA) is 88.5 Å². The van der Waals surface area contributed by atoms with Crippen molar-refractivity contribution in [3.63, 3.8) is 0 Å². The number of pyridine rings is 1. The van der Waals surface area contributed by atoms with Crippen LogP contribution < -0.4 is 10.1 Å². The monoisotopic (exact) mass is 430 g/mol. The quantitative estimate of drug-likeness (QED) is 0.552. The van der Waals surface area contributed by atoms with Gasteiger partial charge in [0.25, 0.3) is 5.91 Å². The van der Waals surface area contributed by atoms with Crippen LogP contribution >= 0.6 is 23.2 Å². The molecule has 0 saturated carbocycles. The summed E-state index contributed by atoms with van der Waals surface area (Å²) in [5.74, 6) is -1.36. The predicted molar refractivity (Wildman–Crippen MR) is 111 cm³/mol. The molecule has 0 spiro atoms. The summed E-state index contributed by atoms with van der Waals surface area (Å²) >= 11 is 11.9. The van der Waals surface area contributed by atoms with Gasteiger partial charge in [-0.25, -0.2) is 4.79 Å². The van der Waals surface area contributed by atoms with Crippen LogP contribution in [0.2, 0.25) is 10.0 Å². The van der Waals surface area contributed by atoms with E-state index in [0.29, 0.717) is 23.8 Å². The lowest BCUT2D eigenvalue weighted by atomic mass is 10.1. The number of carbonyl (C=O) groups excluding carboxylic acids is 1. The van der Waals surface area contributed by atoms with Gasteiger partial charge in [-0.15, -0.1) is 0 Å². The van der Waals surface area contributed by atoms with Crippen LogP contribution in [0.4, 0.5) is 5.69 Å². The lowest BCUT2D eigenvalue weighted by molar-refractivity contribution is 0.0697. The Labute approximate surface area is 177 Å². The van der Waals surface area contributed by atoms with Crippen molar-refractivity contribution in [2.75, 3.05) is 11.9 Å². The zero-order valence-electron chi connectivity index (χ0n) is 15.1. The molecule has 8 heteroatoms. The maximum Gasteiger partial charge on any atom is 0.337 e. The van der Waals surface area contributed by atoms with Crippen molar-refractivity contribution in [2.24, 2.45) is 0 Å². The number of nitrogens with one attached hydrogen (secondary N) is 1. The molecule has 1 aromatic heterocycles. The average Bonchev–Trinajstić information content (AvgIpc) is 2.69. The number of nitrogens with zero attached hydrogens (tertiary/aromatic N) is 1. The van der Waals surface area contributed by atoms with Gasteiger partial charge in [-0.05, 0) is 48.5 Å². The average molecular weight is 431 g/mol. The molecule has 1 amide bonds. The molecule has 0 unspecified atom stereocenters. The highest BCUT2D eigenvalue weighted by Crippen LogP contribution is 2.25. The first-order valence-corrected chi connectivity index (χ1v) is 9.36. The third kappa shape index (κ3) is 5.47. The fourth-order valence-electron chi connectivity index (χ4n) is 2.58. The van der Waals surface area contributed by atoms with E-state index in [-0.39, 0.29) is 21.8 Å². The molecule has 0 radical (unpaired) electrons. The highest BCUT2D eigenvalue weighted by Gasteiger charge is 2.17. The zero-order valence-corrected chi connectivity index (χ0v) is 16.6. The van der Waals surface area contributed by atoms with Crippen LogP contribution in [0, 0.1) is 0 Å². The van der Waals surface area contributed by atoms with Crippen molar-refractivity contribution in [1.29, 1.82) is 0 Å². The predicted octanol–water partition coefficient (Wildman–Crippen LogP) is 4.96. The molecule has 2 N–H and O–H groups in total. The van der Waals surface area contributed by atoms with Crippen LogP contribution in [0.15, 0.2) is 60.8 Å². The molecule has 1 heterocycles. The minimum absolute atomic E-state index is 0.0984. The van der Waals surface area contributed by atoms with E-state index >= 15 is 0 Å². The van der Waals surface area contributed by atoms with Crippen LogP contribution in [0.1, 0.15) is 26.4 Å². The third-order valence-corrected chi connectivity index (χ3v) is 4.55. The maximum absolute atomic E-state index is 12.5. The second kappa shape index (κ2) is 9.41. The Bertz CT molecular complexity index is 1040. The highest BCUT2D eigenvalue weighted by atomic mass is 35.5. The molecule has 0 atom stereocenters. The van der Waals surface area contributed by atoms with E-state index in [4.69, 9.17) is 27.9 Å². The summed E-state index contributed by atoms with van der Waals surface area (Å²) in [5, 5.41) is 12.6. The third-order valence-electron chi connectivity index (χ3n) is 4.00. The van der Waals surface area contributed by atoms with Gasteiger partial charge in [0.1, 0.15) is 5.75 Å². The first-order chi connectivity index (χ1) is 13.9. The first kappa shape index (κ1) is 20.6. The van der Waals surface area contributed by atoms with Gasteiger partial charge in [0.15, 0.2) is 0 Å². The number of hydrogen-bond acceptors (Lipinski definition) is 4. The van der Waals surface area contributed by atoms with Crippen LogP contribution in [-0.4, -0.2) is 28.6 Å². The molecule has 0 aliphatic rings. The van der Waals surface area contributed by atoms with E-state index in [2.05, 4.69) is 10.3 Å². The van der Waals surface area contributed by atoms with Crippen LogP contribution in [0.5, 0.6) is 5.75 Å². The summed E-state index contributed by atoms with van der Waals surface area (Å²) in [7, 11) is 0. The molecule has 29 heavy (non-hydrogen) atoms. The van der Waals surface area contributed by atoms with Gasteiger partial charge >= 0.3 is 5.97 Å². The summed E-state index contributed by atoms with van der Waals surface area (Å²) in [5.41, 5.74) is 1.09. The normalized spacial score (nSPS) is 10.4. The lowest BCUT2D eigenvalue weighted by Crippen LogP contribution is -2.15. The van der Waals surface area contributed by atoms with Gasteiger partial charge in [-0.1, -0.05) is 29.3 Å². The minimum Gasteiger partial charge on any atom is -0.493 e. The number of halogens is 2. The summed E-state index contributed by atoms with van der Waals surface area (Å²) < 4.78 is 5.63. The standard InChI is InChI=1S/C21H16Cl2N2O4/c22-13-4-6-16(18(23)11-13)20(26)25-19-7-5-15(12-17(19)21(27)28)29-10-8-14-3-1-2-9-24-14/h1-7,9,11-12H,8,10H2,(H,25,26)(H,27,28). The van der Waals surface area contributed by atoms with Crippen LogP contribution in [-0.2, 0) is 6.42 Å². The van der Waals surface area contributed by atoms with Crippen LogP contribution in [0.3, 0.4) is 0 Å². The Balaban J connectivity index is 1.72. The molecule has 0 bridgehead atoms. The number of carbonyl (C=O) groups is 2. The van der Waals surface area contributed by atoms with Crippen molar-refractivity contribution in [1.82, 2.24) is 4.98 Å². The van der Waals surface area contributed by atoms with E-state index in [1.807, 2.05) is 18.2 Å². The summed E-state index contributed by atoms with van der Waals surface area (Å²) in [6.07, 6.45) is 2.28. The fourth-order valence-corrected chi connectivity index (χ4v) is 3.08. The largest absolute Gasteiger partial charge is 0.493 e. The summed E-state index contributed by atoms with van der Waals surface area (Å²) in [6.45, 7) is 0.335. The number of carboxylic acid groups (broad SMARTS) is 1. The fraction of sp³-hybridized carbons (Fsp3) is 0.0952. The van der Waals surface area contributed by atoms with Gasteiger partial charge < -0.3 is 15.2 Å². The molecule has 0 aliphatic heterocycles. The number of aromatic carboxylic acids is 1. The molecular formula is C21H16Cl2N2O4. The Morgan fingerprint density at radius 2 is 1.86 bits per heavy atom. The van der Waals surface area contributed by atoms with E-state index in [1.165, 1.54) is 30.3 Å². The Kier molecular flexibility index (Phi) is 6.69. The lowest BCUT2D eigenvalue weighted by Gasteiger charge is -2.12. The zero-order chi connectivity index (χ0) is 20.8. The first-order valence-electron chi connectivity index (χ1n) is 8.60. The number of carboxylic acids is 1. The molecule has 0 saturated heterocycles. The second-order valence-corrected chi connectivity index (χ2v) is 6.85. The molecule has 0 fully saturated rings. The van der Waals surface area contributed by atoms with Gasteiger partial charge in [-0.2, -0.15) is 0 Å². The van der Waals surface area contributed by atoms with Crippen molar-refractivity contribution in [3.8, 4) is 5.75 Å². The Morgan fingerprint density at radius 3 is 2.55 bits per heavy atom. The number of amides is 1. The number of aromatic nitrogens is 1. The van der Waals surface area contributed by atoms with E-state index < -0.39 is 11.9 Å². The molecular weight excluding hydrogens is 415 g/mol. The molecule has 2 aromatic carbocycles. The number of benzene rings is 2. The molecule has 148 valence electrons. The van der Waals surface area contributed by atoms with Crippen molar-refractivity contribution >= 4 is 40.8 Å². The van der Waals surface area contributed by atoms with E-state index in [9.17, 15) is 14.7 Å². The molecule has 3 aromatic rings. The van der Waals surface area contributed by atoms with Gasteiger partial charge in [0.2, 0.25) is 0 Å². The van der Waals surface area contributed by atoms with Crippen molar-refractivity contribution in [3.05, 3.63) is 87.7 Å². The second-order valence-electron chi connectivity index (χ2n) is 6.01. The Hall–Kier alpha value is -3.09. The van der Waals surface area contributed by atoms with Gasteiger partial charge in [-0.3, -0.25) is 9.78 Å². The molecule has 6 nitrogen and oxygen atoms in total. The summed E-state index contributed by atoms with van der Waals surface area (Å²) in [6, 6.07) is 14.4. The highest BCUT2D eigenvalue weighted by molar-refractivity contribution is 6.37. The summed E-state index contributed by atoms with van der Waals surface area (Å²) in [4.78, 5) is 28.3. The minimum atomic E-state index is -1.20. The number of anilines is 1. The van der Waals surface area contributed by atoms with E-state index in [0.717, 1.165) is 5.69 Å².